The molecule has 17 heavy (non-hydrogen) atoms. The van der Waals surface area contributed by atoms with Crippen molar-refractivity contribution in [3.8, 4) is 0 Å². The summed E-state index contributed by atoms with van der Waals surface area (Å²) in [6.07, 6.45) is 0. The van der Waals surface area contributed by atoms with E-state index in [-0.39, 0.29) is 51.2 Å². The van der Waals surface area contributed by atoms with Crippen molar-refractivity contribution >= 4 is 34.7 Å². The van der Waals surface area contributed by atoms with E-state index in [1.54, 1.807) is 0 Å². The maximum atomic E-state index is 2.00. The Morgan fingerprint density at radius 1 is 0.235 bits per heavy atom. The van der Waals surface area contributed by atoms with Crippen LogP contribution in [0.5, 0.6) is 0 Å². The second-order valence-electron chi connectivity index (χ2n) is 2.31. The summed E-state index contributed by atoms with van der Waals surface area (Å²) < 4.78 is 0. The predicted octanol–water partition coefficient (Wildman–Crippen LogP) is 2.26. The van der Waals surface area contributed by atoms with Gasteiger partial charge >= 0.3 is 34.7 Å². The third-order valence-electron chi connectivity index (χ3n) is 1.33. The molecule has 0 fully saturated rings. The Balaban J connectivity index is -0.0000000436. The zero-order chi connectivity index (χ0) is 8.49. The molecule has 0 bridgehead atoms. The van der Waals surface area contributed by atoms with Crippen molar-refractivity contribution in [3.05, 3.63) is 72.8 Å². The van der Waals surface area contributed by atoms with Crippen molar-refractivity contribution in [1.29, 1.82) is 0 Å². The van der Waals surface area contributed by atoms with E-state index in [4.69, 9.17) is 0 Å². The molecule has 84 valence electrons. The van der Waals surface area contributed by atoms with Crippen molar-refractivity contribution < 1.29 is 16.4 Å². The molecule has 0 aliphatic carbocycles. The van der Waals surface area contributed by atoms with Crippen LogP contribution in [0.3, 0.4) is 0 Å². The van der Waals surface area contributed by atoms with Crippen LogP contribution < -0.4 is 0 Å². The van der Waals surface area contributed by atoms with Crippen LogP contribution in [0.15, 0.2) is 72.8 Å². The fraction of sp³-hybridized carbons (Fsp3) is 0. The summed E-state index contributed by atoms with van der Waals surface area (Å²) >= 11 is 0. The Morgan fingerprint density at radius 3 is 0.353 bits per heavy atom. The normalized spacial score (nSPS) is 5.65. The molecule has 2 rings (SSSR count). The Kier molecular flexibility index (Phi) is 43.2. The van der Waals surface area contributed by atoms with E-state index in [9.17, 15) is 0 Å². The molecule has 0 amide bonds. The zero-order valence-electron chi connectivity index (χ0n) is 9.31. The Morgan fingerprint density at radius 2 is 0.294 bits per heavy atom. The quantitative estimate of drug-likeness (QED) is 0.649. The predicted molar refractivity (Wildman–Crippen MR) is 66.5 cm³/mol. The monoisotopic (exact) mass is 258 g/mol. The average Bonchev–Trinajstić information content (AvgIpc) is 2.24. The van der Waals surface area contributed by atoms with Crippen LogP contribution in [0.2, 0.25) is 0 Å². The summed E-state index contributed by atoms with van der Waals surface area (Å²) in [5.74, 6) is 0. The average molecular weight is 258 g/mol. The number of hydrogen-bond donors (Lipinski definition) is 0. The van der Waals surface area contributed by atoms with E-state index >= 15 is 0 Å². The van der Waals surface area contributed by atoms with Gasteiger partial charge in [-0.1, -0.05) is 72.8 Å². The van der Waals surface area contributed by atoms with Gasteiger partial charge in [-0.3, -0.25) is 0 Å². The Bertz CT molecular complexity index is 195. The summed E-state index contributed by atoms with van der Waals surface area (Å²) in [4.78, 5) is 0. The van der Waals surface area contributed by atoms with E-state index < -0.39 is 0 Å². The van der Waals surface area contributed by atoms with Gasteiger partial charge in [0.2, 0.25) is 0 Å². The van der Waals surface area contributed by atoms with Gasteiger partial charge in [-0.25, -0.2) is 0 Å². The van der Waals surface area contributed by atoms with Gasteiger partial charge in [-0.2, -0.15) is 0 Å². The molecule has 2 aromatic carbocycles. The molecular formula is C12H12Al2O3. The van der Waals surface area contributed by atoms with Crippen molar-refractivity contribution in [3.63, 3.8) is 0 Å². The van der Waals surface area contributed by atoms with Crippen LogP contribution in [0.4, 0.5) is 0 Å². The van der Waals surface area contributed by atoms with Gasteiger partial charge in [0.05, 0.1) is 0 Å². The molecule has 0 aliphatic rings. The molecule has 0 N–H and O–H groups in total. The third kappa shape index (κ3) is 21.3. The summed E-state index contributed by atoms with van der Waals surface area (Å²) in [6, 6.07) is 24.0. The summed E-state index contributed by atoms with van der Waals surface area (Å²) in [5.41, 5.74) is 0. The smallest absolute Gasteiger partial charge is 2.00 e. The summed E-state index contributed by atoms with van der Waals surface area (Å²) in [6.45, 7) is 0. The standard InChI is InChI=1S/2C6H6.2Al.3O/c2*1-2-4-6-5-3-1;;;;;/h2*1-6H;;;;;/q;;2*+3;3*-2. The first-order chi connectivity index (χ1) is 6.00. The largest absolute Gasteiger partial charge is 3.00 e. The molecule has 0 heterocycles. The molecule has 2 aromatic rings. The van der Waals surface area contributed by atoms with Crippen molar-refractivity contribution in [2.24, 2.45) is 0 Å². The van der Waals surface area contributed by atoms with Crippen molar-refractivity contribution in [1.82, 2.24) is 0 Å². The van der Waals surface area contributed by atoms with Crippen LogP contribution in [0, 0.1) is 0 Å². The van der Waals surface area contributed by atoms with Crippen LogP contribution in [-0.2, 0) is 16.4 Å². The SMILES string of the molecule is [Al+3].[Al+3].[O-2].[O-2].[O-2].c1ccccc1.c1ccccc1. The van der Waals surface area contributed by atoms with Gasteiger partial charge in [0, 0.05) is 0 Å². The Hall–Kier alpha value is -0.615. The van der Waals surface area contributed by atoms with E-state index in [0.29, 0.717) is 0 Å². The number of benzene rings is 2. The van der Waals surface area contributed by atoms with E-state index in [1.165, 1.54) is 0 Å². The van der Waals surface area contributed by atoms with E-state index in [1.807, 2.05) is 72.8 Å². The van der Waals surface area contributed by atoms with E-state index in [2.05, 4.69) is 0 Å². The Labute approximate surface area is 124 Å². The van der Waals surface area contributed by atoms with Crippen LogP contribution in [0.25, 0.3) is 0 Å². The molecule has 5 heteroatoms. The molecule has 3 nitrogen and oxygen atoms in total. The topological polar surface area (TPSA) is 85.5 Å². The minimum Gasteiger partial charge on any atom is -2.00 e. The third-order valence-corrected chi connectivity index (χ3v) is 1.33. The maximum absolute atomic E-state index is 2.00. The van der Waals surface area contributed by atoms with Gasteiger partial charge in [-0.15, -0.1) is 0 Å². The van der Waals surface area contributed by atoms with Crippen LogP contribution in [0.1, 0.15) is 0 Å². The van der Waals surface area contributed by atoms with Gasteiger partial charge in [0.25, 0.3) is 0 Å². The van der Waals surface area contributed by atoms with Gasteiger partial charge in [-0.05, 0) is 0 Å². The van der Waals surface area contributed by atoms with Crippen molar-refractivity contribution in [2.45, 2.75) is 0 Å². The van der Waals surface area contributed by atoms with Crippen molar-refractivity contribution in [2.75, 3.05) is 0 Å². The van der Waals surface area contributed by atoms with Crippen LogP contribution in [-0.4, -0.2) is 34.7 Å². The number of hydrogen-bond acceptors (Lipinski definition) is 0. The first-order valence-electron chi connectivity index (χ1n) is 4.00. The molecule has 0 atom stereocenters. The van der Waals surface area contributed by atoms with Gasteiger partial charge in [0.1, 0.15) is 0 Å². The first kappa shape index (κ1) is 29.9. The van der Waals surface area contributed by atoms with Crippen LogP contribution >= 0.6 is 0 Å². The fourth-order valence-corrected chi connectivity index (χ4v) is 0.770. The molecule has 0 spiro atoms. The minimum absolute atomic E-state index is 0. The summed E-state index contributed by atoms with van der Waals surface area (Å²) in [5, 5.41) is 0. The molecule has 0 saturated carbocycles. The first-order valence-corrected chi connectivity index (χ1v) is 4.00. The second kappa shape index (κ2) is 24.6. The number of rotatable bonds is 0. The minimum atomic E-state index is 0. The zero-order valence-corrected chi connectivity index (χ0v) is 11.6. The molecule has 0 unspecified atom stereocenters. The molecule has 0 radical (unpaired) electrons. The molecule has 0 aromatic heterocycles. The molecular weight excluding hydrogens is 246 g/mol. The maximum Gasteiger partial charge on any atom is 3.00 e. The molecule has 0 aliphatic heterocycles. The van der Waals surface area contributed by atoms with Gasteiger partial charge in [0.15, 0.2) is 0 Å². The fourth-order valence-electron chi connectivity index (χ4n) is 0.770. The van der Waals surface area contributed by atoms with E-state index in [0.717, 1.165) is 0 Å². The summed E-state index contributed by atoms with van der Waals surface area (Å²) in [7, 11) is 0. The van der Waals surface area contributed by atoms with Gasteiger partial charge < -0.3 is 16.4 Å². The molecule has 0 saturated heterocycles. The second-order valence-corrected chi connectivity index (χ2v) is 2.31.